The van der Waals surface area contributed by atoms with Crippen LogP contribution in [0.25, 0.3) is 0 Å². The first-order valence-corrected chi connectivity index (χ1v) is 7.07. The van der Waals surface area contributed by atoms with Gasteiger partial charge in [-0.2, -0.15) is 0 Å². The molecule has 1 aliphatic heterocycles. The summed E-state index contributed by atoms with van der Waals surface area (Å²) < 4.78 is 5.76. The second-order valence-electron chi connectivity index (χ2n) is 5.20. The van der Waals surface area contributed by atoms with Gasteiger partial charge in [0.25, 0.3) is 0 Å². The highest BCUT2D eigenvalue weighted by Crippen LogP contribution is 2.31. The standard InChI is InChI=1S/C16H15N3O4/c17-15(20)11-4-5-14(18-8-11)23-13-3-1-2-10-6-7-19(16(21)22)9-12(10)13/h1-5,8H,6-7,9H2,(H2,17,20)(H,21,22). The lowest BCUT2D eigenvalue weighted by atomic mass is 9.99. The summed E-state index contributed by atoms with van der Waals surface area (Å²) in [5.41, 5.74) is 7.36. The fraction of sp³-hybridized carbons (Fsp3) is 0.188. The Morgan fingerprint density at radius 3 is 2.74 bits per heavy atom. The smallest absolute Gasteiger partial charge is 0.407 e. The normalized spacial score (nSPS) is 13.3. The highest BCUT2D eigenvalue weighted by Gasteiger charge is 2.23. The van der Waals surface area contributed by atoms with Crippen LogP contribution in [0.15, 0.2) is 36.5 Å². The van der Waals surface area contributed by atoms with Gasteiger partial charge >= 0.3 is 6.09 Å². The van der Waals surface area contributed by atoms with Crippen molar-refractivity contribution in [1.82, 2.24) is 9.88 Å². The predicted molar refractivity (Wildman–Crippen MR) is 81.4 cm³/mol. The number of carboxylic acid groups (broad SMARTS) is 1. The number of pyridine rings is 1. The zero-order chi connectivity index (χ0) is 16.4. The number of hydrogen-bond acceptors (Lipinski definition) is 4. The number of ether oxygens (including phenoxy) is 1. The van der Waals surface area contributed by atoms with Crippen LogP contribution in [0.3, 0.4) is 0 Å². The molecule has 0 radical (unpaired) electrons. The molecule has 7 nitrogen and oxygen atoms in total. The molecule has 3 rings (SSSR count). The van der Waals surface area contributed by atoms with Crippen LogP contribution < -0.4 is 10.5 Å². The summed E-state index contributed by atoms with van der Waals surface area (Å²) in [7, 11) is 0. The number of hydrogen-bond donors (Lipinski definition) is 2. The number of aromatic nitrogens is 1. The van der Waals surface area contributed by atoms with E-state index in [0.29, 0.717) is 30.2 Å². The Morgan fingerprint density at radius 1 is 1.26 bits per heavy atom. The van der Waals surface area contributed by atoms with Gasteiger partial charge in [-0.05, 0) is 24.1 Å². The number of primary amides is 1. The monoisotopic (exact) mass is 313 g/mol. The van der Waals surface area contributed by atoms with Crippen molar-refractivity contribution in [3.05, 3.63) is 53.2 Å². The van der Waals surface area contributed by atoms with Crippen molar-refractivity contribution in [2.24, 2.45) is 5.73 Å². The zero-order valence-corrected chi connectivity index (χ0v) is 12.2. The molecule has 0 bridgehead atoms. The fourth-order valence-corrected chi connectivity index (χ4v) is 2.51. The minimum atomic E-state index is -0.950. The average Bonchev–Trinajstić information content (AvgIpc) is 2.55. The van der Waals surface area contributed by atoms with E-state index in [1.165, 1.54) is 17.2 Å². The van der Waals surface area contributed by atoms with Gasteiger partial charge in [0, 0.05) is 24.4 Å². The second kappa shape index (κ2) is 5.96. The third-order valence-electron chi connectivity index (χ3n) is 3.74. The molecule has 0 unspecified atom stereocenters. The molecule has 23 heavy (non-hydrogen) atoms. The van der Waals surface area contributed by atoms with Crippen molar-refractivity contribution in [2.75, 3.05) is 6.54 Å². The average molecular weight is 313 g/mol. The molecule has 2 heterocycles. The largest absolute Gasteiger partial charge is 0.465 e. The van der Waals surface area contributed by atoms with Gasteiger partial charge in [-0.3, -0.25) is 4.79 Å². The van der Waals surface area contributed by atoms with Crippen LogP contribution in [0.1, 0.15) is 21.5 Å². The zero-order valence-electron chi connectivity index (χ0n) is 12.2. The quantitative estimate of drug-likeness (QED) is 0.901. The van der Waals surface area contributed by atoms with E-state index in [1.54, 1.807) is 12.1 Å². The summed E-state index contributed by atoms with van der Waals surface area (Å²) in [6.45, 7) is 0.748. The van der Waals surface area contributed by atoms with E-state index >= 15 is 0 Å². The lowest BCUT2D eigenvalue weighted by Gasteiger charge is -2.27. The van der Waals surface area contributed by atoms with E-state index < -0.39 is 12.0 Å². The summed E-state index contributed by atoms with van der Waals surface area (Å²) >= 11 is 0. The van der Waals surface area contributed by atoms with Crippen molar-refractivity contribution in [1.29, 1.82) is 0 Å². The van der Waals surface area contributed by atoms with Crippen molar-refractivity contribution in [2.45, 2.75) is 13.0 Å². The van der Waals surface area contributed by atoms with Crippen LogP contribution in [0.4, 0.5) is 4.79 Å². The van der Waals surface area contributed by atoms with Crippen LogP contribution in [0.5, 0.6) is 11.6 Å². The molecule has 2 aromatic rings. The molecule has 0 aliphatic carbocycles. The number of fused-ring (bicyclic) bond motifs is 1. The molecular formula is C16H15N3O4. The highest BCUT2D eigenvalue weighted by atomic mass is 16.5. The molecule has 0 fully saturated rings. The Bertz CT molecular complexity index is 758. The molecule has 0 spiro atoms. The molecule has 3 N–H and O–H groups in total. The highest BCUT2D eigenvalue weighted by molar-refractivity contribution is 5.92. The van der Waals surface area contributed by atoms with E-state index in [9.17, 15) is 9.59 Å². The Balaban J connectivity index is 1.86. The van der Waals surface area contributed by atoms with Gasteiger partial charge in [0.15, 0.2) is 0 Å². The number of nitrogens with two attached hydrogens (primary N) is 1. The molecule has 7 heteroatoms. The first kappa shape index (κ1) is 14.8. The maximum atomic E-state index is 11.2. The Morgan fingerprint density at radius 2 is 2.09 bits per heavy atom. The van der Waals surface area contributed by atoms with E-state index in [2.05, 4.69) is 4.98 Å². The second-order valence-corrected chi connectivity index (χ2v) is 5.20. The van der Waals surface area contributed by atoms with Crippen LogP contribution in [-0.4, -0.2) is 33.5 Å². The lowest BCUT2D eigenvalue weighted by molar-refractivity contribution is 0.0999. The predicted octanol–water partition coefficient (Wildman–Crippen LogP) is 2.01. The Hall–Kier alpha value is -3.09. The first-order chi connectivity index (χ1) is 11.0. The summed E-state index contributed by atoms with van der Waals surface area (Å²) in [6, 6.07) is 8.68. The lowest BCUT2D eigenvalue weighted by Crippen LogP contribution is -2.34. The molecular weight excluding hydrogens is 298 g/mol. The molecule has 0 atom stereocenters. The summed E-state index contributed by atoms with van der Waals surface area (Å²) in [6.07, 6.45) is 1.04. The molecule has 1 aliphatic rings. The van der Waals surface area contributed by atoms with Gasteiger partial charge in [-0.1, -0.05) is 12.1 Å². The number of rotatable bonds is 3. The van der Waals surface area contributed by atoms with Gasteiger partial charge in [-0.25, -0.2) is 9.78 Å². The third kappa shape index (κ3) is 3.08. The molecule has 2 amide bonds. The number of carbonyl (C=O) groups is 2. The van der Waals surface area contributed by atoms with Gasteiger partial charge in [0.1, 0.15) is 5.75 Å². The van der Waals surface area contributed by atoms with Crippen molar-refractivity contribution >= 4 is 12.0 Å². The molecule has 1 aromatic carbocycles. The van der Waals surface area contributed by atoms with Crippen molar-refractivity contribution in [3.8, 4) is 11.6 Å². The Kier molecular flexibility index (Phi) is 3.84. The molecule has 0 saturated heterocycles. The number of carbonyl (C=O) groups excluding carboxylic acids is 1. The van der Waals surface area contributed by atoms with E-state index in [4.69, 9.17) is 15.6 Å². The summed E-state index contributed by atoms with van der Waals surface area (Å²) in [4.78, 5) is 27.6. The fourth-order valence-electron chi connectivity index (χ4n) is 2.51. The molecule has 118 valence electrons. The maximum Gasteiger partial charge on any atom is 0.407 e. The maximum absolute atomic E-state index is 11.2. The van der Waals surface area contributed by atoms with Crippen molar-refractivity contribution in [3.63, 3.8) is 0 Å². The third-order valence-corrected chi connectivity index (χ3v) is 3.74. The van der Waals surface area contributed by atoms with Crippen LogP contribution in [0, 0.1) is 0 Å². The number of nitrogens with zero attached hydrogens (tertiary/aromatic N) is 2. The number of amides is 2. The summed E-state index contributed by atoms with van der Waals surface area (Å²) in [5.74, 6) is 0.321. The van der Waals surface area contributed by atoms with Crippen LogP contribution in [0.2, 0.25) is 0 Å². The van der Waals surface area contributed by atoms with Gasteiger partial charge in [0.2, 0.25) is 11.8 Å². The minimum absolute atomic E-state index is 0.278. The van der Waals surface area contributed by atoms with Crippen LogP contribution in [-0.2, 0) is 13.0 Å². The molecule has 0 saturated carbocycles. The van der Waals surface area contributed by atoms with E-state index in [1.807, 2.05) is 12.1 Å². The SMILES string of the molecule is NC(=O)c1ccc(Oc2cccc3c2CN(C(=O)O)CC3)nc1. The van der Waals surface area contributed by atoms with Gasteiger partial charge < -0.3 is 20.5 Å². The van der Waals surface area contributed by atoms with Gasteiger partial charge in [-0.15, -0.1) is 0 Å². The summed E-state index contributed by atoms with van der Waals surface area (Å²) in [5, 5.41) is 9.16. The van der Waals surface area contributed by atoms with Crippen molar-refractivity contribution < 1.29 is 19.4 Å². The molecule has 1 aromatic heterocycles. The van der Waals surface area contributed by atoms with Gasteiger partial charge in [0.05, 0.1) is 12.1 Å². The first-order valence-electron chi connectivity index (χ1n) is 7.07. The number of benzene rings is 1. The topological polar surface area (TPSA) is 106 Å². The van der Waals surface area contributed by atoms with Crippen LogP contribution >= 0.6 is 0 Å². The van der Waals surface area contributed by atoms with E-state index in [-0.39, 0.29) is 6.54 Å². The Labute approximate surface area is 132 Å². The van der Waals surface area contributed by atoms with E-state index in [0.717, 1.165) is 11.1 Å². The minimum Gasteiger partial charge on any atom is -0.465 e.